The van der Waals surface area contributed by atoms with Crippen LogP contribution in [0.25, 0.3) is 0 Å². The summed E-state index contributed by atoms with van der Waals surface area (Å²) >= 11 is 0. The van der Waals surface area contributed by atoms with E-state index in [4.69, 9.17) is 10.2 Å². The maximum absolute atomic E-state index is 11.6. The van der Waals surface area contributed by atoms with Crippen LogP contribution in [-0.2, 0) is 26.0 Å². The molecule has 0 aliphatic heterocycles. The van der Waals surface area contributed by atoms with Crippen molar-refractivity contribution in [2.24, 2.45) is 0 Å². The molecule has 1 aliphatic rings. The van der Waals surface area contributed by atoms with Crippen LogP contribution in [0.5, 0.6) is 0 Å². The van der Waals surface area contributed by atoms with E-state index in [1.54, 1.807) is 6.33 Å². The van der Waals surface area contributed by atoms with Crippen molar-refractivity contribution in [3.05, 3.63) is 59.2 Å². The van der Waals surface area contributed by atoms with Gasteiger partial charge in [-0.25, -0.2) is 23.0 Å². The van der Waals surface area contributed by atoms with Gasteiger partial charge in [0.25, 0.3) is 0 Å². The van der Waals surface area contributed by atoms with Crippen LogP contribution in [0, 0.1) is 6.92 Å². The lowest BCUT2D eigenvalue weighted by Crippen LogP contribution is -2.18. The summed E-state index contributed by atoms with van der Waals surface area (Å²) in [5, 5.41) is 15.6. The van der Waals surface area contributed by atoms with Crippen molar-refractivity contribution >= 4 is 27.6 Å². The normalized spacial score (nSPS) is 15.9. The van der Waals surface area contributed by atoms with E-state index < -0.39 is 22.0 Å². The Morgan fingerprint density at radius 3 is 2.41 bits per heavy atom. The number of H-pyrrole nitrogens is 1. The lowest BCUT2D eigenvalue weighted by Gasteiger charge is -2.28. The van der Waals surface area contributed by atoms with E-state index in [0.717, 1.165) is 30.5 Å². The highest BCUT2D eigenvalue weighted by molar-refractivity contribution is 7.92. The number of rotatable bonds is 5. The highest BCUT2D eigenvalue weighted by atomic mass is 32.2. The zero-order chi connectivity index (χ0) is 21.6. The number of hydrogen-bond donors (Lipinski definition) is 4. The molecule has 1 aliphatic carbocycles. The average Bonchev–Trinajstić information content (AvgIpc) is 3.16. The molecule has 0 fully saturated rings. The number of aromatic amines is 1. The Morgan fingerprint density at radius 1 is 1.24 bits per heavy atom. The van der Waals surface area contributed by atoms with Crippen molar-refractivity contribution in [2.45, 2.75) is 32.1 Å². The molecule has 1 aromatic heterocycles. The van der Waals surface area contributed by atoms with Gasteiger partial charge in [-0.15, -0.1) is 0 Å². The number of aryl methyl sites for hydroxylation is 1. The fraction of sp³-hybridized carbons (Fsp3) is 0.316. The molecule has 1 heterocycles. The summed E-state index contributed by atoms with van der Waals surface area (Å²) in [7, 11) is -3.26. The molecule has 0 saturated heterocycles. The van der Waals surface area contributed by atoms with Gasteiger partial charge < -0.3 is 15.2 Å². The molecule has 0 saturated carbocycles. The fourth-order valence-electron chi connectivity index (χ4n) is 3.37. The molecule has 3 rings (SSSR count). The van der Waals surface area contributed by atoms with Gasteiger partial charge in [-0.2, -0.15) is 0 Å². The van der Waals surface area contributed by atoms with Crippen molar-refractivity contribution in [3.63, 3.8) is 0 Å². The smallest absolute Gasteiger partial charge is 0.328 e. The third-order valence-corrected chi connectivity index (χ3v) is 4.99. The topological polar surface area (TPSA) is 149 Å². The van der Waals surface area contributed by atoms with Crippen molar-refractivity contribution in [1.29, 1.82) is 0 Å². The number of carboxylic acid groups (broad SMARTS) is 2. The molecule has 1 aromatic carbocycles. The van der Waals surface area contributed by atoms with E-state index in [1.807, 2.05) is 18.3 Å². The summed E-state index contributed by atoms with van der Waals surface area (Å²) in [5.74, 6) is -2.25. The van der Waals surface area contributed by atoms with Crippen molar-refractivity contribution in [1.82, 2.24) is 9.97 Å². The molecule has 156 valence electrons. The number of nitrogens with one attached hydrogen (secondary N) is 2. The maximum atomic E-state index is 11.6. The fourth-order valence-corrected chi connectivity index (χ4v) is 3.96. The zero-order valence-electron chi connectivity index (χ0n) is 16.0. The minimum absolute atomic E-state index is 0.262. The predicted molar refractivity (Wildman–Crippen MR) is 107 cm³/mol. The first-order valence-electron chi connectivity index (χ1n) is 8.81. The number of imidazole rings is 1. The second kappa shape index (κ2) is 9.37. The highest BCUT2D eigenvalue weighted by Gasteiger charge is 2.27. The van der Waals surface area contributed by atoms with Gasteiger partial charge in [-0.3, -0.25) is 4.72 Å². The third kappa shape index (κ3) is 6.46. The summed E-state index contributed by atoms with van der Waals surface area (Å²) in [4.78, 5) is 26.4. The summed E-state index contributed by atoms with van der Waals surface area (Å²) in [6.45, 7) is 2.08. The number of nitrogens with zero attached hydrogens (tertiary/aromatic N) is 1. The number of aliphatic carboxylic acids is 2. The Hall–Kier alpha value is -3.14. The minimum atomic E-state index is -3.26. The van der Waals surface area contributed by atoms with Crippen LogP contribution in [0.2, 0.25) is 0 Å². The van der Waals surface area contributed by atoms with Crippen LogP contribution in [0.3, 0.4) is 0 Å². The molecular formula is C19H23N3O6S. The number of fused-ring (bicyclic) bond motifs is 1. The van der Waals surface area contributed by atoms with Gasteiger partial charge in [-0.05, 0) is 48.9 Å². The van der Waals surface area contributed by atoms with Gasteiger partial charge in [-0.1, -0.05) is 6.07 Å². The van der Waals surface area contributed by atoms with Crippen molar-refractivity contribution in [2.75, 3.05) is 11.0 Å². The molecule has 4 N–H and O–H groups in total. The molecule has 0 bridgehead atoms. The average molecular weight is 421 g/mol. The van der Waals surface area contributed by atoms with E-state index in [2.05, 4.69) is 21.6 Å². The quantitative estimate of drug-likeness (QED) is 0.541. The number of carboxylic acids is 2. The first-order valence-corrected chi connectivity index (χ1v) is 10.7. The SMILES string of the molecule is Cc1ccc(NS(C)(=O)=O)c2c1C(c1cnc[nH]1)CCC2.O=C(O)C=CC(=O)O. The standard InChI is InChI=1S/C15H19N3O2S.C4H4O4/c1-10-6-7-13(18-21(2,19)20)11-4-3-5-12(15(10)11)14-8-16-9-17-14;5-3(6)1-2-4(7)8/h6-9,12,18H,3-5H2,1-2H3,(H,16,17);1-2H,(H,5,6)(H,7,8). The lowest BCUT2D eigenvalue weighted by molar-refractivity contribution is -0.134. The van der Waals surface area contributed by atoms with Gasteiger partial charge in [0.15, 0.2) is 0 Å². The van der Waals surface area contributed by atoms with Crippen LogP contribution in [-0.4, -0.2) is 46.8 Å². The molecule has 1 unspecified atom stereocenters. The summed E-state index contributed by atoms with van der Waals surface area (Å²) in [6.07, 6.45) is 8.85. The van der Waals surface area contributed by atoms with E-state index in [1.165, 1.54) is 17.4 Å². The number of hydrogen-bond acceptors (Lipinski definition) is 5. The van der Waals surface area contributed by atoms with E-state index in [-0.39, 0.29) is 5.92 Å². The molecule has 0 spiro atoms. The van der Waals surface area contributed by atoms with E-state index in [0.29, 0.717) is 17.8 Å². The number of benzene rings is 1. The van der Waals surface area contributed by atoms with Crippen LogP contribution < -0.4 is 4.72 Å². The van der Waals surface area contributed by atoms with Crippen LogP contribution in [0.4, 0.5) is 5.69 Å². The summed E-state index contributed by atoms with van der Waals surface area (Å²) in [5.41, 5.74) is 5.35. The van der Waals surface area contributed by atoms with Gasteiger partial charge in [0, 0.05) is 30.0 Å². The lowest BCUT2D eigenvalue weighted by atomic mass is 9.78. The minimum Gasteiger partial charge on any atom is -0.478 e. The van der Waals surface area contributed by atoms with Gasteiger partial charge in [0.1, 0.15) is 0 Å². The Labute approximate surface area is 168 Å². The van der Waals surface area contributed by atoms with E-state index in [9.17, 15) is 18.0 Å². The first-order chi connectivity index (χ1) is 13.6. The van der Waals surface area contributed by atoms with Crippen molar-refractivity contribution in [3.8, 4) is 0 Å². The van der Waals surface area contributed by atoms with Crippen molar-refractivity contribution < 1.29 is 28.2 Å². The number of sulfonamides is 1. The number of aromatic nitrogens is 2. The molecular weight excluding hydrogens is 398 g/mol. The maximum Gasteiger partial charge on any atom is 0.328 e. The van der Waals surface area contributed by atoms with Crippen LogP contribution in [0.1, 0.15) is 41.1 Å². The molecule has 10 heteroatoms. The van der Waals surface area contributed by atoms with E-state index >= 15 is 0 Å². The Morgan fingerprint density at radius 2 is 1.90 bits per heavy atom. The molecule has 0 amide bonds. The summed E-state index contributed by atoms with van der Waals surface area (Å²) in [6, 6.07) is 3.85. The highest BCUT2D eigenvalue weighted by Crippen LogP contribution is 2.40. The monoisotopic (exact) mass is 421 g/mol. The predicted octanol–water partition coefficient (Wildman–Crippen LogP) is 2.27. The van der Waals surface area contributed by atoms with Gasteiger partial charge in [0.05, 0.1) is 18.3 Å². The van der Waals surface area contributed by atoms with Gasteiger partial charge >= 0.3 is 11.9 Å². The van der Waals surface area contributed by atoms with Crippen LogP contribution >= 0.6 is 0 Å². The van der Waals surface area contributed by atoms with Crippen LogP contribution in [0.15, 0.2) is 36.8 Å². The second-order valence-corrected chi connectivity index (χ2v) is 8.41. The molecule has 29 heavy (non-hydrogen) atoms. The number of carbonyl (C=O) groups is 2. The Kier molecular flexibility index (Phi) is 7.16. The zero-order valence-corrected chi connectivity index (χ0v) is 16.9. The Bertz CT molecular complexity index is 997. The molecule has 9 nitrogen and oxygen atoms in total. The largest absolute Gasteiger partial charge is 0.478 e. The van der Waals surface area contributed by atoms with Gasteiger partial charge in [0.2, 0.25) is 10.0 Å². The number of anilines is 1. The summed E-state index contributed by atoms with van der Waals surface area (Å²) < 4.78 is 25.8. The Balaban J connectivity index is 0.000000321. The second-order valence-electron chi connectivity index (χ2n) is 6.66. The molecule has 1 atom stereocenters. The molecule has 0 radical (unpaired) electrons. The molecule has 2 aromatic rings. The third-order valence-electron chi connectivity index (χ3n) is 4.40. The first kappa shape index (κ1) is 22.2.